The Morgan fingerprint density at radius 2 is 2.24 bits per heavy atom. The fourth-order valence-corrected chi connectivity index (χ4v) is 1.53. The van der Waals surface area contributed by atoms with Crippen LogP contribution in [-0.4, -0.2) is 41.8 Å². The number of nitrogens with one attached hydrogen (secondary N) is 1. The zero-order valence-corrected chi connectivity index (χ0v) is 9.81. The average Bonchev–Trinajstić information content (AvgIpc) is 2.25. The topological polar surface area (TPSA) is 70.6 Å². The Labute approximate surface area is 102 Å². The summed E-state index contributed by atoms with van der Waals surface area (Å²) in [6, 6.07) is 0. The Morgan fingerprint density at radius 3 is 2.71 bits per heavy atom. The first-order valence-electron chi connectivity index (χ1n) is 4.69. The molecule has 0 amide bonds. The van der Waals surface area contributed by atoms with Crippen molar-refractivity contribution in [2.75, 3.05) is 24.6 Å². The number of alkyl halides is 3. The van der Waals surface area contributed by atoms with Gasteiger partial charge in [0.1, 0.15) is 5.92 Å². The van der Waals surface area contributed by atoms with Gasteiger partial charge in [0.2, 0.25) is 0 Å². The molecule has 1 atom stereocenters. The lowest BCUT2D eigenvalue weighted by Crippen LogP contribution is -2.43. The first-order valence-corrected chi connectivity index (χ1v) is 5.85. The summed E-state index contributed by atoms with van der Waals surface area (Å²) in [5, 5.41) is 13.2. The van der Waals surface area contributed by atoms with E-state index in [0.29, 0.717) is 18.1 Å². The molecule has 0 aliphatic rings. The molecule has 0 spiro atoms. The molecule has 0 saturated carbocycles. The highest BCUT2D eigenvalue weighted by atomic mass is 32.2. The number of hydrogen-bond acceptors (Lipinski definition) is 4. The highest BCUT2D eigenvalue weighted by Gasteiger charge is 2.42. The van der Waals surface area contributed by atoms with E-state index < -0.39 is 24.5 Å². The van der Waals surface area contributed by atoms with Crippen LogP contribution >= 0.6 is 11.8 Å². The summed E-state index contributed by atoms with van der Waals surface area (Å²) in [4.78, 5) is 0. The highest BCUT2D eigenvalue weighted by molar-refractivity contribution is 7.99. The van der Waals surface area contributed by atoms with Gasteiger partial charge >= 0.3 is 6.18 Å². The molecule has 0 heterocycles. The summed E-state index contributed by atoms with van der Waals surface area (Å²) in [5.41, 5.74) is 4.97. The van der Waals surface area contributed by atoms with E-state index in [4.69, 9.17) is 17.4 Å². The second-order valence-electron chi connectivity index (χ2n) is 3.08. The molecule has 0 radical (unpaired) electrons. The van der Waals surface area contributed by atoms with Crippen LogP contribution in [0.25, 0.3) is 0 Å². The molecular formula is C9H14F3N3OS. The molecule has 0 saturated heterocycles. The smallest absolute Gasteiger partial charge is 0.400 e. The molecule has 0 aliphatic heterocycles. The molecule has 0 fully saturated rings. The number of rotatable bonds is 7. The van der Waals surface area contributed by atoms with Crippen molar-refractivity contribution in [2.24, 2.45) is 16.8 Å². The van der Waals surface area contributed by atoms with Crippen LogP contribution < -0.4 is 11.1 Å². The highest BCUT2D eigenvalue weighted by Crippen LogP contribution is 2.25. The minimum atomic E-state index is -4.53. The average molecular weight is 269 g/mol. The summed E-state index contributed by atoms with van der Waals surface area (Å²) < 4.78 is 37.3. The van der Waals surface area contributed by atoms with Crippen LogP contribution in [0, 0.1) is 18.3 Å². The van der Waals surface area contributed by atoms with Crippen molar-refractivity contribution in [1.29, 1.82) is 0 Å². The molecular weight excluding hydrogens is 255 g/mol. The fourth-order valence-electron chi connectivity index (χ4n) is 0.980. The van der Waals surface area contributed by atoms with Crippen LogP contribution in [0.2, 0.25) is 0 Å². The molecule has 8 heteroatoms. The lowest BCUT2D eigenvalue weighted by molar-refractivity contribution is -0.154. The van der Waals surface area contributed by atoms with Gasteiger partial charge in [-0.15, -0.1) is 18.2 Å². The van der Waals surface area contributed by atoms with Crippen molar-refractivity contribution in [1.82, 2.24) is 5.32 Å². The van der Waals surface area contributed by atoms with Gasteiger partial charge in [-0.2, -0.15) is 13.2 Å². The standard InChI is InChI=1S/C9H14F3N3OS/c1-2-4-17-5-3-14-6-7(8(13)15-16)9(10,11)12/h1,7,14,16H,3-6H2,(H2,13,15). The third-order valence-corrected chi connectivity index (χ3v) is 2.69. The van der Waals surface area contributed by atoms with Crippen molar-refractivity contribution < 1.29 is 18.4 Å². The molecule has 0 aromatic heterocycles. The van der Waals surface area contributed by atoms with E-state index in [-0.39, 0.29) is 0 Å². The van der Waals surface area contributed by atoms with Gasteiger partial charge in [-0.25, -0.2) is 0 Å². The fraction of sp³-hybridized carbons (Fsp3) is 0.667. The first-order chi connectivity index (χ1) is 7.93. The lowest BCUT2D eigenvalue weighted by atomic mass is 10.1. The number of nitrogens with two attached hydrogens (primary N) is 1. The molecule has 1 unspecified atom stereocenters. The number of thioether (sulfide) groups is 1. The van der Waals surface area contributed by atoms with Gasteiger partial charge in [-0.05, 0) is 0 Å². The minimum Gasteiger partial charge on any atom is -0.409 e. The molecule has 0 aliphatic carbocycles. The number of amidine groups is 1. The van der Waals surface area contributed by atoms with Gasteiger partial charge < -0.3 is 16.3 Å². The number of oxime groups is 1. The molecule has 4 N–H and O–H groups in total. The maximum atomic E-state index is 12.4. The maximum absolute atomic E-state index is 12.4. The monoisotopic (exact) mass is 269 g/mol. The van der Waals surface area contributed by atoms with Crippen LogP contribution in [0.5, 0.6) is 0 Å². The normalized spacial score (nSPS) is 14.4. The second kappa shape index (κ2) is 8.08. The van der Waals surface area contributed by atoms with Crippen LogP contribution in [0.15, 0.2) is 5.16 Å². The van der Waals surface area contributed by atoms with Gasteiger partial charge in [-0.1, -0.05) is 11.1 Å². The van der Waals surface area contributed by atoms with E-state index >= 15 is 0 Å². The van der Waals surface area contributed by atoms with Gasteiger partial charge in [-0.3, -0.25) is 0 Å². The van der Waals surface area contributed by atoms with E-state index in [0.717, 1.165) is 0 Å². The number of nitrogens with zero attached hydrogens (tertiary/aromatic N) is 1. The summed E-state index contributed by atoms with van der Waals surface area (Å²) in [5.74, 6) is 0.695. The van der Waals surface area contributed by atoms with E-state index in [9.17, 15) is 13.2 Å². The predicted molar refractivity (Wildman–Crippen MR) is 62.0 cm³/mol. The Kier molecular flexibility index (Phi) is 7.58. The minimum absolute atomic E-state index is 0.373. The lowest BCUT2D eigenvalue weighted by Gasteiger charge is -2.19. The van der Waals surface area contributed by atoms with E-state index in [1.165, 1.54) is 11.8 Å². The summed E-state index contributed by atoms with van der Waals surface area (Å²) >= 11 is 1.44. The summed E-state index contributed by atoms with van der Waals surface area (Å²) in [6.07, 6.45) is 0.474. The zero-order chi connectivity index (χ0) is 13.3. The van der Waals surface area contributed by atoms with Crippen LogP contribution in [-0.2, 0) is 0 Å². The SMILES string of the molecule is C#CCSCCNCC(C(N)=NO)C(F)(F)F. The van der Waals surface area contributed by atoms with Crippen LogP contribution in [0.1, 0.15) is 0 Å². The second-order valence-corrected chi connectivity index (χ2v) is 4.19. The number of halogens is 3. The summed E-state index contributed by atoms with van der Waals surface area (Å²) in [7, 11) is 0. The molecule has 0 rings (SSSR count). The Hall–Kier alpha value is -1.07. The maximum Gasteiger partial charge on any atom is 0.400 e. The Balaban J connectivity index is 4.00. The molecule has 0 bridgehead atoms. The van der Waals surface area contributed by atoms with Crippen molar-refractivity contribution in [3.8, 4) is 12.3 Å². The van der Waals surface area contributed by atoms with Crippen LogP contribution in [0.3, 0.4) is 0 Å². The van der Waals surface area contributed by atoms with Gasteiger partial charge in [0.15, 0.2) is 5.84 Å². The molecule has 98 valence electrons. The van der Waals surface area contributed by atoms with Gasteiger partial charge in [0.05, 0.1) is 5.75 Å². The van der Waals surface area contributed by atoms with E-state index in [1.54, 1.807) is 0 Å². The Morgan fingerprint density at radius 1 is 1.59 bits per heavy atom. The molecule has 17 heavy (non-hydrogen) atoms. The Bertz CT molecular complexity index is 288. The first kappa shape index (κ1) is 15.9. The zero-order valence-electron chi connectivity index (χ0n) is 9.00. The third kappa shape index (κ3) is 6.97. The molecule has 0 aromatic carbocycles. The van der Waals surface area contributed by atoms with Crippen molar-refractivity contribution in [2.45, 2.75) is 6.18 Å². The van der Waals surface area contributed by atoms with E-state index in [1.807, 2.05) is 0 Å². The largest absolute Gasteiger partial charge is 0.409 e. The van der Waals surface area contributed by atoms with Crippen molar-refractivity contribution in [3.05, 3.63) is 0 Å². The molecule has 4 nitrogen and oxygen atoms in total. The quantitative estimate of drug-likeness (QED) is 0.160. The van der Waals surface area contributed by atoms with Crippen molar-refractivity contribution in [3.63, 3.8) is 0 Å². The van der Waals surface area contributed by atoms with Crippen LogP contribution in [0.4, 0.5) is 13.2 Å². The summed E-state index contributed by atoms with van der Waals surface area (Å²) in [6.45, 7) is -0.0480. The predicted octanol–water partition coefficient (Wildman–Crippen LogP) is 0.867. The van der Waals surface area contributed by atoms with E-state index in [2.05, 4.69) is 16.4 Å². The van der Waals surface area contributed by atoms with Gasteiger partial charge in [0, 0.05) is 18.8 Å². The van der Waals surface area contributed by atoms with Gasteiger partial charge in [0.25, 0.3) is 0 Å². The van der Waals surface area contributed by atoms with Crippen molar-refractivity contribution >= 4 is 17.6 Å². The number of hydrogen-bond donors (Lipinski definition) is 3. The number of terminal acetylenes is 1. The molecule has 0 aromatic rings. The third-order valence-electron chi connectivity index (χ3n) is 1.82.